The number of halogens is 2. The number of aliphatic imine (C=N–C) groups is 1. The molecular formula is C17H27FIN3. The van der Waals surface area contributed by atoms with Gasteiger partial charge in [0.2, 0.25) is 0 Å². The summed E-state index contributed by atoms with van der Waals surface area (Å²) >= 11 is 0. The van der Waals surface area contributed by atoms with Gasteiger partial charge in [-0.05, 0) is 49.8 Å². The van der Waals surface area contributed by atoms with Gasteiger partial charge in [0.1, 0.15) is 5.82 Å². The molecule has 1 aromatic rings. The Bertz CT molecular complexity index is 453. The first kappa shape index (κ1) is 19.2. The smallest absolute Gasteiger partial charge is 0.193 e. The van der Waals surface area contributed by atoms with E-state index < -0.39 is 0 Å². The molecular weight excluding hydrogens is 392 g/mol. The van der Waals surface area contributed by atoms with Crippen LogP contribution in [-0.4, -0.2) is 37.0 Å². The van der Waals surface area contributed by atoms with Gasteiger partial charge in [0.05, 0.1) is 0 Å². The molecule has 0 aromatic heterocycles. The average Bonchev–Trinajstić information content (AvgIpc) is 2.49. The van der Waals surface area contributed by atoms with Crippen LogP contribution in [0.1, 0.15) is 32.3 Å². The minimum absolute atomic E-state index is 0. The molecule has 1 N–H and O–H groups in total. The van der Waals surface area contributed by atoms with Gasteiger partial charge >= 0.3 is 0 Å². The SMILES string of the molecule is CCNC(=NCCc1ccc(F)cc1)N1CCC(C)CC1.I. The van der Waals surface area contributed by atoms with Crippen LogP contribution < -0.4 is 5.32 Å². The van der Waals surface area contributed by atoms with E-state index in [1.165, 1.54) is 25.0 Å². The quantitative estimate of drug-likeness (QED) is 0.458. The highest BCUT2D eigenvalue weighted by molar-refractivity contribution is 14.0. The summed E-state index contributed by atoms with van der Waals surface area (Å²) in [5, 5.41) is 3.38. The van der Waals surface area contributed by atoms with Crippen LogP contribution in [0.2, 0.25) is 0 Å². The van der Waals surface area contributed by atoms with Gasteiger partial charge in [-0.15, -0.1) is 24.0 Å². The minimum atomic E-state index is -0.182. The number of rotatable bonds is 4. The van der Waals surface area contributed by atoms with Gasteiger partial charge < -0.3 is 10.2 Å². The second-order valence-corrected chi connectivity index (χ2v) is 5.78. The molecule has 1 saturated heterocycles. The van der Waals surface area contributed by atoms with Crippen molar-refractivity contribution in [1.82, 2.24) is 10.2 Å². The number of hydrogen-bond donors (Lipinski definition) is 1. The van der Waals surface area contributed by atoms with Gasteiger partial charge in [0.25, 0.3) is 0 Å². The van der Waals surface area contributed by atoms with Crippen molar-refractivity contribution in [3.63, 3.8) is 0 Å². The predicted molar refractivity (Wildman–Crippen MR) is 101 cm³/mol. The Morgan fingerprint density at radius 1 is 1.27 bits per heavy atom. The molecule has 2 rings (SSSR count). The molecule has 0 spiro atoms. The van der Waals surface area contributed by atoms with Crippen molar-refractivity contribution in [3.8, 4) is 0 Å². The maximum absolute atomic E-state index is 12.9. The first-order valence-electron chi connectivity index (χ1n) is 7.96. The molecule has 1 heterocycles. The lowest BCUT2D eigenvalue weighted by Gasteiger charge is -2.33. The second-order valence-electron chi connectivity index (χ2n) is 5.78. The lowest BCUT2D eigenvalue weighted by Crippen LogP contribution is -2.45. The molecule has 0 amide bonds. The molecule has 3 nitrogen and oxygen atoms in total. The summed E-state index contributed by atoms with van der Waals surface area (Å²) in [5.74, 6) is 1.66. The van der Waals surface area contributed by atoms with E-state index in [1.807, 2.05) is 12.1 Å². The second kappa shape index (κ2) is 10.0. The largest absolute Gasteiger partial charge is 0.357 e. The van der Waals surface area contributed by atoms with Crippen molar-refractivity contribution in [3.05, 3.63) is 35.6 Å². The van der Waals surface area contributed by atoms with E-state index in [9.17, 15) is 4.39 Å². The lowest BCUT2D eigenvalue weighted by atomic mass is 10.00. The molecule has 5 heteroatoms. The predicted octanol–water partition coefficient (Wildman–Crippen LogP) is 3.68. The number of hydrogen-bond acceptors (Lipinski definition) is 1. The number of nitrogens with one attached hydrogen (secondary N) is 1. The highest BCUT2D eigenvalue weighted by atomic mass is 127. The van der Waals surface area contributed by atoms with Crippen LogP contribution in [0.4, 0.5) is 4.39 Å². The van der Waals surface area contributed by atoms with Crippen LogP contribution in [0, 0.1) is 11.7 Å². The number of piperidine rings is 1. The Hall–Kier alpha value is -0.850. The maximum atomic E-state index is 12.9. The fourth-order valence-electron chi connectivity index (χ4n) is 2.59. The Labute approximate surface area is 150 Å². The van der Waals surface area contributed by atoms with Crippen molar-refractivity contribution in [2.24, 2.45) is 10.9 Å². The zero-order chi connectivity index (χ0) is 15.1. The Kier molecular flexibility index (Phi) is 8.75. The van der Waals surface area contributed by atoms with Crippen LogP contribution in [0.15, 0.2) is 29.3 Å². The average molecular weight is 419 g/mol. The van der Waals surface area contributed by atoms with E-state index in [-0.39, 0.29) is 29.8 Å². The zero-order valence-electron chi connectivity index (χ0n) is 13.5. The van der Waals surface area contributed by atoms with Crippen LogP contribution in [-0.2, 0) is 6.42 Å². The fraction of sp³-hybridized carbons (Fsp3) is 0.588. The summed E-state index contributed by atoms with van der Waals surface area (Å²) in [5.41, 5.74) is 1.13. The van der Waals surface area contributed by atoms with Crippen molar-refractivity contribution in [2.75, 3.05) is 26.2 Å². The van der Waals surface area contributed by atoms with Gasteiger partial charge in [-0.1, -0.05) is 19.1 Å². The summed E-state index contributed by atoms with van der Waals surface area (Å²) in [6, 6.07) is 6.69. The molecule has 0 saturated carbocycles. The van der Waals surface area contributed by atoms with Crippen LogP contribution in [0.25, 0.3) is 0 Å². The molecule has 0 unspecified atom stereocenters. The van der Waals surface area contributed by atoms with Crippen molar-refractivity contribution in [1.29, 1.82) is 0 Å². The Balaban J connectivity index is 0.00000242. The Morgan fingerprint density at radius 2 is 1.91 bits per heavy atom. The molecule has 0 bridgehead atoms. The first-order valence-corrected chi connectivity index (χ1v) is 7.96. The monoisotopic (exact) mass is 419 g/mol. The zero-order valence-corrected chi connectivity index (χ0v) is 15.8. The normalized spacial score (nSPS) is 16.3. The molecule has 1 fully saturated rings. The molecule has 0 aliphatic carbocycles. The molecule has 124 valence electrons. The molecule has 1 aromatic carbocycles. The van der Waals surface area contributed by atoms with Gasteiger partial charge in [0, 0.05) is 26.2 Å². The Morgan fingerprint density at radius 3 is 2.50 bits per heavy atom. The molecule has 1 aliphatic rings. The van der Waals surface area contributed by atoms with Gasteiger partial charge in [-0.25, -0.2) is 4.39 Å². The third kappa shape index (κ3) is 6.10. The van der Waals surface area contributed by atoms with Crippen LogP contribution in [0.5, 0.6) is 0 Å². The molecule has 0 atom stereocenters. The summed E-state index contributed by atoms with van der Waals surface area (Å²) in [6.45, 7) is 8.21. The summed E-state index contributed by atoms with van der Waals surface area (Å²) in [6.07, 6.45) is 3.32. The van der Waals surface area contributed by atoms with Gasteiger partial charge in [-0.3, -0.25) is 4.99 Å². The third-order valence-corrected chi connectivity index (χ3v) is 3.99. The standard InChI is InChI=1S/C17H26FN3.HI/c1-3-19-17(21-12-9-14(2)10-13-21)20-11-8-15-4-6-16(18)7-5-15;/h4-7,14H,3,8-13H2,1-2H3,(H,19,20);1H. The van der Waals surface area contributed by atoms with Crippen molar-refractivity contribution in [2.45, 2.75) is 33.1 Å². The third-order valence-electron chi connectivity index (χ3n) is 3.99. The van der Waals surface area contributed by atoms with Crippen molar-refractivity contribution < 1.29 is 4.39 Å². The van der Waals surface area contributed by atoms with E-state index in [0.29, 0.717) is 0 Å². The molecule has 0 radical (unpaired) electrons. The van der Waals surface area contributed by atoms with E-state index in [2.05, 4.69) is 24.1 Å². The number of likely N-dealkylation sites (tertiary alicyclic amines) is 1. The summed E-state index contributed by atoms with van der Waals surface area (Å²) in [4.78, 5) is 7.07. The highest BCUT2D eigenvalue weighted by Gasteiger charge is 2.18. The molecule has 1 aliphatic heterocycles. The number of benzene rings is 1. The fourth-order valence-corrected chi connectivity index (χ4v) is 2.59. The van der Waals surface area contributed by atoms with E-state index in [0.717, 1.165) is 50.0 Å². The number of nitrogens with zero attached hydrogens (tertiary/aromatic N) is 2. The van der Waals surface area contributed by atoms with Crippen molar-refractivity contribution >= 4 is 29.9 Å². The number of guanidine groups is 1. The molecule has 22 heavy (non-hydrogen) atoms. The van der Waals surface area contributed by atoms with Crippen LogP contribution in [0.3, 0.4) is 0 Å². The lowest BCUT2D eigenvalue weighted by molar-refractivity contribution is 0.273. The van der Waals surface area contributed by atoms with E-state index in [1.54, 1.807) is 0 Å². The topological polar surface area (TPSA) is 27.6 Å². The van der Waals surface area contributed by atoms with Gasteiger partial charge in [0.15, 0.2) is 5.96 Å². The highest BCUT2D eigenvalue weighted by Crippen LogP contribution is 2.16. The maximum Gasteiger partial charge on any atom is 0.193 e. The summed E-state index contributed by atoms with van der Waals surface area (Å²) < 4.78 is 12.9. The van der Waals surface area contributed by atoms with E-state index in [4.69, 9.17) is 4.99 Å². The van der Waals surface area contributed by atoms with E-state index >= 15 is 0 Å². The first-order chi connectivity index (χ1) is 10.2. The van der Waals surface area contributed by atoms with Crippen LogP contribution >= 0.6 is 24.0 Å². The minimum Gasteiger partial charge on any atom is -0.357 e. The van der Waals surface area contributed by atoms with Gasteiger partial charge in [-0.2, -0.15) is 0 Å². The summed E-state index contributed by atoms with van der Waals surface area (Å²) in [7, 11) is 0.